The number of ketones is 1. The lowest BCUT2D eigenvalue weighted by molar-refractivity contribution is -0.136. The van der Waals surface area contributed by atoms with Crippen LogP contribution >= 0.6 is 0 Å². The molecular weight excluding hydrogens is 140 g/mol. The molecule has 0 aromatic rings. The summed E-state index contributed by atoms with van der Waals surface area (Å²) in [5.74, 6) is -0.0261. The lowest BCUT2D eigenvalue weighted by atomic mass is 9.94. The molecule has 0 radical (unpaired) electrons. The van der Waals surface area contributed by atoms with E-state index in [0.29, 0.717) is 12.8 Å². The van der Waals surface area contributed by atoms with Crippen LogP contribution in [0.2, 0.25) is 0 Å². The summed E-state index contributed by atoms with van der Waals surface area (Å²) >= 11 is 0. The van der Waals surface area contributed by atoms with Crippen molar-refractivity contribution in [1.82, 2.24) is 0 Å². The van der Waals surface area contributed by atoms with Crippen LogP contribution in [0.5, 0.6) is 0 Å². The quantitative estimate of drug-likeness (QED) is 0.663. The van der Waals surface area contributed by atoms with Crippen molar-refractivity contribution in [3.8, 4) is 0 Å². The molecule has 0 spiro atoms. The molecule has 1 N–H and O–H groups in total. The minimum Gasteiger partial charge on any atom is -0.382 e. The van der Waals surface area contributed by atoms with Crippen LogP contribution in [-0.2, 0) is 4.79 Å². The molecule has 1 atom stereocenters. The smallest absolute Gasteiger partial charge is 0.164 e. The molecule has 0 aliphatic heterocycles. The molecule has 2 heteroatoms. The van der Waals surface area contributed by atoms with Gasteiger partial charge in [0.25, 0.3) is 0 Å². The van der Waals surface area contributed by atoms with E-state index in [2.05, 4.69) is 0 Å². The number of unbranched alkanes of at least 4 members (excludes halogenated alkanes) is 1. The van der Waals surface area contributed by atoms with E-state index in [1.165, 1.54) is 0 Å². The number of carbonyl (C=O) groups is 1. The Morgan fingerprint density at radius 3 is 2.36 bits per heavy atom. The highest BCUT2D eigenvalue weighted by Gasteiger charge is 2.26. The zero-order valence-electron chi connectivity index (χ0n) is 7.68. The molecule has 0 aliphatic carbocycles. The monoisotopic (exact) mass is 158 g/mol. The van der Waals surface area contributed by atoms with Gasteiger partial charge in [-0.1, -0.05) is 20.3 Å². The first kappa shape index (κ1) is 10.6. The van der Waals surface area contributed by atoms with Crippen molar-refractivity contribution in [1.29, 1.82) is 0 Å². The van der Waals surface area contributed by atoms with Crippen molar-refractivity contribution in [3.63, 3.8) is 0 Å². The van der Waals surface area contributed by atoms with Crippen LogP contribution in [0.15, 0.2) is 0 Å². The van der Waals surface area contributed by atoms with E-state index in [1.54, 1.807) is 6.92 Å². The lowest BCUT2D eigenvalue weighted by Crippen LogP contribution is -2.33. The van der Waals surface area contributed by atoms with Gasteiger partial charge < -0.3 is 5.11 Å². The van der Waals surface area contributed by atoms with Gasteiger partial charge in [-0.3, -0.25) is 4.79 Å². The Morgan fingerprint density at radius 2 is 2.00 bits per heavy atom. The zero-order chi connectivity index (χ0) is 8.91. The standard InChI is InChI=1S/C9H18O2/c1-4-6-7-8(10)9(3,11)5-2/h11H,4-7H2,1-3H3. The molecule has 0 bridgehead atoms. The first-order chi connectivity index (χ1) is 5.04. The van der Waals surface area contributed by atoms with Crippen molar-refractivity contribution in [3.05, 3.63) is 0 Å². The largest absolute Gasteiger partial charge is 0.382 e. The van der Waals surface area contributed by atoms with Gasteiger partial charge in [-0.15, -0.1) is 0 Å². The molecule has 0 aliphatic rings. The van der Waals surface area contributed by atoms with Gasteiger partial charge in [-0.25, -0.2) is 0 Å². The first-order valence-corrected chi connectivity index (χ1v) is 4.30. The summed E-state index contributed by atoms with van der Waals surface area (Å²) in [7, 11) is 0. The molecular formula is C9H18O2. The summed E-state index contributed by atoms with van der Waals surface area (Å²) in [5.41, 5.74) is -1.09. The predicted molar refractivity (Wildman–Crippen MR) is 45.4 cm³/mol. The van der Waals surface area contributed by atoms with Crippen molar-refractivity contribution in [2.45, 2.75) is 52.1 Å². The van der Waals surface area contributed by atoms with Gasteiger partial charge in [0.1, 0.15) is 5.60 Å². The van der Waals surface area contributed by atoms with E-state index >= 15 is 0 Å². The highest BCUT2D eigenvalue weighted by atomic mass is 16.3. The van der Waals surface area contributed by atoms with Gasteiger partial charge in [-0.2, -0.15) is 0 Å². The van der Waals surface area contributed by atoms with E-state index in [-0.39, 0.29) is 5.78 Å². The van der Waals surface area contributed by atoms with Crippen LogP contribution in [0, 0.1) is 0 Å². The Balaban J connectivity index is 3.82. The Labute approximate surface area is 68.6 Å². The number of hydrogen-bond acceptors (Lipinski definition) is 2. The fourth-order valence-corrected chi connectivity index (χ4v) is 0.804. The van der Waals surface area contributed by atoms with Gasteiger partial charge in [0.05, 0.1) is 0 Å². The molecule has 0 saturated heterocycles. The number of aliphatic hydroxyl groups is 1. The van der Waals surface area contributed by atoms with Crippen LogP contribution in [0.4, 0.5) is 0 Å². The molecule has 0 aromatic heterocycles. The van der Waals surface area contributed by atoms with E-state index in [9.17, 15) is 9.90 Å². The molecule has 0 rings (SSSR count). The van der Waals surface area contributed by atoms with Crippen molar-refractivity contribution < 1.29 is 9.90 Å². The third-order valence-corrected chi connectivity index (χ3v) is 2.05. The third kappa shape index (κ3) is 3.51. The van der Waals surface area contributed by atoms with Crippen molar-refractivity contribution in [2.24, 2.45) is 0 Å². The summed E-state index contributed by atoms with van der Waals surface area (Å²) in [6.45, 7) is 5.45. The summed E-state index contributed by atoms with van der Waals surface area (Å²) in [5, 5.41) is 9.47. The molecule has 1 unspecified atom stereocenters. The van der Waals surface area contributed by atoms with Crippen LogP contribution in [-0.4, -0.2) is 16.5 Å². The Kier molecular flexibility index (Phi) is 4.34. The summed E-state index contributed by atoms with van der Waals surface area (Å²) < 4.78 is 0. The van der Waals surface area contributed by atoms with E-state index in [0.717, 1.165) is 12.8 Å². The molecule has 2 nitrogen and oxygen atoms in total. The minimum absolute atomic E-state index is 0.0261. The predicted octanol–water partition coefficient (Wildman–Crippen LogP) is 1.91. The van der Waals surface area contributed by atoms with Crippen LogP contribution < -0.4 is 0 Å². The minimum atomic E-state index is -1.09. The van der Waals surface area contributed by atoms with E-state index in [1.807, 2.05) is 13.8 Å². The molecule has 0 heterocycles. The van der Waals surface area contributed by atoms with Gasteiger partial charge >= 0.3 is 0 Å². The molecule has 0 fully saturated rings. The number of carbonyl (C=O) groups excluding carboxylic acids is 1. The average molecular weight is 158 g/mol. The molecule has 0 amide bonds. The maximum absolute atomic E-state index is 11.2. The molecule has 11 heavy (non-hydrogen) atoms. The fourth-order valence-electron chi connectivity index (χ4n) is 0.804. The van der Waals surface area contributed by atoms with Gasteiger partial charge in [-0.05, 0) is 19.8 Å². The van der Waals surface area contributed by atoms with Crippen LogP contribution in [0.1, 0.15) is 46.5 Å². The van der Waals surface area contributed by atoms with Crippen LogP contribution in [0.25, 0.3) is 0 Å². The third-order valence-electron chi connectivity index (χ3n) is 2.05. The van der Waals surface area contributed by atoms with Gasteiger partial charge in [0.15, 0.2) is 5.78 Å². The summed E-state index contributed by atoms with van der Waals surface area (Å²) in [6.07, 6.45) is 2.91. The molecule has 0 saturated carbocycles. The second-order valence-electron chi connectivity index (χ2n) is 3.15. The first-order valence-electron chi connectivity index (χ1n) is 4.30. The van der Waals surface area contributed by atoms with Gasteiger partial charge in [0, 0.05) is 6.42 Å². The number of Topliss-reactive ketones (excluding diaryl/α,β-unsaturated/α-hetero) is 1. The van der Waals surface area contributed by atoms with Crippen molar-refractivity contribution >= 4 is 5.78 Å². The topological polar surface area (TPSA) is 37.3 Å². The molecule has 66 valence electrons. The lowest BCUT2D eigenvalue weighted by Gasteiger charge is -2.18. The number of rotatable bonds is 5. The van der Waals surface area contributed by atoms with E-state index in [4.69, 9.17) is 0 Å². The Bertz CT molecular complexity index is 128. The SMILES string of the molecule is CCCCC(=O)C(C)(O)CC. The fraction of sp³-hybridized carbons (Fsp3) is 0.889. The zero-order valence-corrected chi connectivity index (χ0v) is 7.68. The van der Waals surface area contributed by atoms with Crippen LogP contribution in [0.3, 0.4) is 0 Å². The number of hydrogen-bond donors (Lipinski definition) is 1. The summed E-state index contributed by atoms with van der Waals surface area (Å²) in [4.78, 5) is 11.2. The second-order valence-corrected chi connectivity index (χ2v) is 3.15. The van der Waals surface area contributed by atoms with Crippen molar-refractivity contribution in [2.75, 3.05) is 0 Å². The Morgan fingerprint density at radius 1 is 1.45 bits per heavy atom. The highest BCUT2D eigenvalue weighted by molar-refractivity contribution is 5.86. The van der Waals surface area contributed by atoms with E-state index < -0.39 is 5.60 Å². The Hall–Kier alpha value is -0.370. The molecule has 0 aromatic carbocycles. The average Bonchev–Trinajstić information content (AvgIpc) is 2.00. The second kappa shape index (κ2) is 4.50. The normalized spacial score (nSPS) is 16.0. The maximum atomic E-state index is 11.2. The van der Waals surface area contributed by atoms with Gasteiger partial charge in [0.2, 0.25) is 0 Å². The highest BCUT2D eigenvalue weighted by Crippen LogP contribution is 2.13. The maximum Gasteiger partial charge on any atom is 0.164 e. The summed E-state index contributed by atoms with van der Waals surface area (Å²) in [6, 6.07) is 0.